The Bertz CT molecular complexity index is 542. The van der Waals surface area contributed by atoms with E-state index in [0.717, 1.165) is 17.7 Å². The number of halogens is 1. The summed E-state index contributed by atoms with van der Waals surface area (Å²) in [5.74, 6) is 0.347. The molecule has 1 aliphatic rings. The van der Waals surface area contributed by atoms with Crippen molar-refractivity contribution >= 4 is 21.6 Å². The lowest BCUT2D eigenvalue weighted by molar-refractivity contribution is 0.579. The first-order chi connectivity index (χ1) is 8.96. The van der Waals surface area contributed by atoms with Gasteiger partial charge in [0, 0.05) is 35.1 Å². The molecular formula is C13H18FNO2S2. The topological polar surface area (TPSA) is 46.2 Å². The van der Waals surface area contributed by atoms with E-state index in [1.807, 2.05) is 6.07 Å². The molecule has 3 nitrogen and oxygen atoms in total. The number of nitrogens with one attached hydrogen (secondary N) is 1. The van der Waals surface area contributed by atoms with Crippen LogP contribution < -0.4 is 5.32 Å². The zero-order valence-electron chi connectivity index (χ0n) is 10.9. The molecule has 0 bridgehead atoms. The van der Waals surface area contributed by atoms with E-state index in [4.69, 9.17) is 0 Å². The van der Waals surface area contributed by atoms with Crippen LogP contribution in [0.5, 0.6) is 0 Å². The summed E-state index contributed by atoms with van der Waals surface area (Å²) in [7, 11) is -2.96. The monoisotopic (exact) mass is 303 g/mol. The van der Waals surface area contributed by atoms with Gasteiger partial charge in [-0.2, -0.15) is 0 Å². The van der Waals surface area contributed by atoms with Crippen LogP contribution in [0.3, 0.4) is 0 Å². The summed E-state index contributed by atoms with van der Waals surface area (Å²) in [5, 5.41) is 3.29. The van der Waals surface area contributed by atoms with Gasteiger partial charge in [-0.3, -0.25) is 0 Å². The Hall–Kier alpha value is -0.590. The van der Waals surface area contributed by atoms with E-state index in [2.05, 4.69) is 5.32 Å². The maximum Gasteiger partial charge on any atom is 0.148 e. The summed E-state index contributed by atoms with van der Waals surface area (Å²) in [6.07, 6.45) is 3.53. The molecule has 1 fully saturated rings. The molecule has 1 aromatic rings. The zero-order valence-corrected chi connectivity index (χ0v) is 12.5. The highest BCUT2D eigenvalue weighted by Crippen LogP contribution is 2.26. The largest absolute Gasteiger partial charge is 0.310 e. The van der Waals surface area contributed by atoms with Gasteiger partial charge in [-0.15, -0.1) is 11.8 Å². The fourth-order valence-corrected chi connectivity index (χ4v) is 3.97. The molecule has 0 amide bonds. The van der Waals surface area contributed by atoms with Crippen LogP contribution in [0.4, 0.5) is 4.39 Å². The molecule has 0 radical (unpaired) electrons. The highest BCUT2D eigenvalue weighted by Gasteiger charge is 2.21. The minimum absolute atomic E-state index is 0.115. The molecule has 1 aromatic carbocycles. The van der Waals surface area contributed by atoms with Gasteiger partial charge in [-0.1, -0.05) is 6.07 Å². The van der Waals surface area contributed by atoms with E-state index >= 15 is 0 Å². The van der Waals surface area contributed by atoms with Gasteiger partial charge < -0.3 is 5.32 Å². The smallest absolute Gasteiger partial charge is 0.148 e. The lowest BCUT2D eigenvalue weighted by Gasteiger charge is -2.11. The van der Waals surface area contributed by atoms with Crippen LogP contribution >= 0.6 is 11.8 Å². The molecular weight excluding hydrogens is 285 g/mol. The average Bonchev–Trinajstić information content (AvgIpc) is 3.10. The van der Waals surface area contributed by atoms with E-state index in [-0.39, 0.29) is 11.6 Å². The fraction of sp³-hybridized carbons (Fsp3) is 0.538. The van der Waals surface area contributed by atoms with Crippen molar-refractivity contribution in [1.82, 2.24) is 5.32 Å². The SMILES string of the molecule is CS(=O)(=O)CCSc1cccc(F)c1CNC1CC1. The van der Waals surface area contributed by atoms with Crippen LogP contribution in [0.1, 0.15) is 18.4 Å². The minimum atomic E-state index is -2.96. The Morgan fingerprint density at radius 3 is 2.79 bits per heavy atom. The number of sulfone groups is 1. The molecule has 0 unspecified atom stereocenters. The molecule has 6 heteroatoms. The summed E-state index contributed by atoms with van der Waals surface area (Å²) < 4.78 is 36.0. The predicted molar refractivity (Wildman–Crippen MR) is 76.7 cm³/mol. The second kappa shape index (κ2) is 6.24. The van der Waals surface area contributed by atoms with Crippen molar-refractivity contribution in [3.8, 4) is 0 Å². The van der Waals surface area contributed by atoms with Crippen molar-refractivity contribution in [2.45, 2.75) is 30.3 Å². The van der Waals surface area contributed by atoms with E-state index in [1.165, 1.54) is 24.1 Å². The number of hydrogen-bond acceptors (Lipinski definition) is 4. The van der Waals surface area contributed by atoms with Gasteiger partial charge in [-0.05, 0) is 25.0 Å². The van der Waals surface area contributed by atoms with Crippen molar-refractivity contribution < 1.29 is 12.8 Å². The Kier molecular flexibility index (Phi) is 4.86. The summed E-state index contributed by atoms with van der Waals surface area (Å²) in [5.41, 5.74) is 0.646. The Labute approximate surface area is 117 Å². The van der Waals surface area contributed by atoms with Crippen LogP contribution in [0.2, 0.25) is 0 Å². The number of benzene rings is 1. The normalized spacial score (nSPS) is 15.7. The number of thioether (sulfide) groups is 1. The quantitative estimate of drug-likeness (QED) is 0.785. The van der Waals surface area contributed by atoms with Crippen molar-refractivity contribution in [2.24, 2.45) is 0 Å². The van der Waals surface area contributed by atoms with Crippen molar-refractivity contribution in [1.29, 1.82) is 0 Å². The first-order valence-electron chi connectivity index (χ1n) is 6.27. The summed E-state index contributed by atoms with van der Waals surface area (Å²) in [4.78, 5) is 0.830. The van der Waals surface area contributed by atoms with E-state index in [9.17, 15) is 12.8 Å². The Morgan fingerprint density at radius 1 is 1.42 bits per heavy atom. The average molecular weight is 303 g/mol. The van der Waals surface area contributed by atoms with Crippen LogP contribution in [-0.4, -0.2) is 32.2 Å². The molecule has 1 N–H and O–H groups in total. The van der Waals surface area contributed by atoms with Gasteiger partial charge in [0.15, 0.2) is 0 Å². The highest BCUT2D eigenvalue weighted by atomic mass is 32.2. The maximum atomic E-state index is 13.8. The second-order valence-corrected chi connectivity index (χ2v) is 8.25. The molecule has 0 heterocycles. The van der Waals surface area contributed by atoms with Gasteiger partial charge >= 0.3 is 0 Å². The number of hydrogen-bond donors (Lipinski definition) is 1. The molecule has 2 rings (SSSR count). The van der Waals surface area contributed by atoms with Crippen LogP contribution in [0.15, 0.2) is 23.1 Å². The minimum Gasteiger partial charge on any atom is -0.310 e. The maximum absolute atomic E-state index is 13.8. The lowest BCUT2D eigenvalue weighted by atomic mass is 10.2. The molecule has 0 spiro atoms. The summed E-state index contributed by atoms with van der Waals surface area (Å²) in [6.45, 7) is 0.512. The van der Waals surface area contributed by atoms with Gasteiger partial charge in [-0.25, -0.2) is 12.8 Å². The molecule has 0 aliphatic heterocycles. The van der Waals surface area contributed by atoms with Gasteiger partial charge in [0.25, 0.3) is 0 Å². The third-order valence-electron chi connectivity index (χ3n) is 2.93. The van der Waals surface area contributed by atoms with E-state index in [1.54, 1.807) is 6.07 Å². The third kappa shape index (κ3) is 5.12. The first kappa shape index (κ1) is 14.8. The Balaban J connectivity index is 1.99. The molecule has 19 heavy (non-hydrogen) atoms. The van der Waals surface area contributed by atoms with Crippen molar-refractivity contribution in [2.75, 3.05) is 17.8 Å². The fourth-order valence-electron chi connectivity index (χ4n) is 1.68. The van der Waals surface area contributed by atoms with Gasteiger partial charge in [0.05, 0.1) is 5.75 Å². The van der Waals surface area contributed by atoms with Gasteiger partial charge in [0.1, 0.15) is 15.7 Å². The van der Waals surface area contributed by atoms with Crippen molar-refractivity contribution in [3.05, 3.63) is 29.6 Å². The summed E-state index contributed by atoms with van der Waals surface area (Å²) >= 11 is 1.40. The molecule has 0 saturated heterocycles. The molecule has 1 aliphatic carbocycles. The second-order valence-electron chi connectivity index (χ2n) is 4.85. The Morgan fingerprint density at radius 2 is 2.16 bits per heavy atom. The van der Waals surface area contributed by atoms with Crippen LogP contribution in [0.25, 0.3) is 0 Å². The van der Waals surface area contributed by atoms with E-state index < -0.39 is 9.84 Å². The number of rotatable bonds is 7. The predicted octanol–water partition coefficient (Wildman–Crippen LogP) is 2.21. The summed E-state index contributed by atoms with van der Waals surface area (Å²) in [6, 6.07) is 5.48. The van der Waals surface area contributed by atoms with Crippen LogP contribution in [0, 0.1) is 5.82 Å². The molecule has 106 valence electrons. The van der Waals surface area contributed by atoms with E-state index in [0.29, 0.717) is 23.9 Å². The lowest BCUT2D eigenvalue weighted by Crippen LogP contribution is -2.17. The van der Waals surface area contributed by atoms with Crippen molar-refractivity contribution in [3.63, 3.8) is 0 Å². The molecule has 0 aromatic heterocycles. The highest BCUT2D eigenvalue weighted by molar-refractivity contribution is 8.00. The van der Waals surface area contributed by atoms with Crippen LogP contribution in [-0.2, 0) is 16.4 Å². The third-order valence-corrected chi connectivity index (χ3v) is 5.24. The molecule has 1 saturated carbocycles. The zero-order chi connectivity index (χ0) is 13.9. The molecule has 0 atom stereocenters. The first-order valence-corrected chi connectivity index (χ1v) is 9.31. The standard InChI is InChI=1S/C13H18FNO2S2/c1-19(16,17)8-7-18-13-4-2-3-12(14)11(13)9-15-10-5-6-10/h2-4,10,15H,5-9H2,1H3. The van der Waals surface area contributed by atoms with Gasteiger partial charge in [0.2, 0.25) is 0 Å².